The van der Waals surface area contributed by atoms with Crippen molar-refractivity contribution in [3.63, 3.8) is 0 Å². The lowest BCUT2D eigenvalue weighted by Crippen LogP contribution is -2.30. The summed E-state index contributed by atoms with van der Waals surface area (Å²) in [6.45, 7) is 5.29. The Morgan fingerprint density at radius 2 is 1.95 bits per heavy atom. The van der Waals surface area contributed by atoms with Gasteiger partial charge in [0.15, 0.2) is 11.6 Å². The van der Waals surface area contributed by atoms with Gasteiger partial charge in [-0.05, 0) is 13.0 Å². The van der Waals surface area contributed by atoms with Gasteiger partial charge in [0, 0.05) is 17.9 Å². The Balaban J connectivity index is 2.14. The van der Waals surface area contributed by atoms with Crippen LogP contribution < -0.4 is 0 Å². The first-order valence-corrected chi connectivity index (χ1v) is 7.12. The maximum absolute atomic E-state index is 12.3. The normalized spacial score (nSPS) is 20.4. The SMILES string of the molecule is C=CCOC(=O)[C@H]1C(=O)C=C(C)[C@@H]1CC(=O)c1ccccc1. The molecule has 0 spiro atoms. The quantitative estimate of drug-likeness (QED) is 0.351. The first kappa shape index (κ1) is 15.9. The Kier molecular flexibility index (Phi) is 5.04. The molecule has 114 valence electrons. The molecular weight excluding hydrogens is 280 g/mol. The predicted molar refractivity (Wildman–Crippen MR) is 82.3 cm³/mol. The van der Waals surface area contributed by atoms with E-state index < -0.39 is 17.8 Å². The minimum atomic E-state index is -0.924. The number of carbonyl (C=O) groups is 3. The highest BCUT2D eigenvalue weighted by Crippen LogP contribution is 2.33. The number of hydrogen-bond donors (Lipinski definition) is 0. The maximum Gasteiger partial charge on any atom is 0.317 e. The van der Waals surface area contributed by atoms with Crippen LogP contribution in [0.5, 0.6) is 0 Å². The third-order valence-electron chi connectivity index (χ3n) is 3.76. The van der Waals surface area contributed by atoms with Crippen LogP contribution in [-0.4, -0.2) is 24.1 Å². The molecule has 0 amide bonds. The summed E-state index contributed by atoms with van der Waals surface area (Å²) in [5, 5.41) is 0. The fourth-order valence-electron chi connectivity index (χ4n) is 2.61. The molecule has 4 nitrogen and oxygen atoms in total. The number of rotatable bonds is 6. The highest BCUT2D eigenvalue weighted by atomic mass is 16.5. The molecule has 1 aliphatic rings. The Labute approximate surface area is 129 Å². The van der Waals surface area contributed by atoms with Crippen LogP contribution in [-0.2, 0) is 14.3 Å². The molecule has 22 heavy (non-hydrogen) atoms. The van der Waals surface area contributed by atoms with E-state index in [1.807, 2.05) is 6.07 Å². The fourth-order valence-corrected chi connectivity index (χ4v) is 2.61. The molecule has 0 fully saturated rings. The Morgan fingerprint density at radius 1 is 1.27 bits per heavy atom. The van der Waals surface area contributed by atoms with Crippen molar-refractivity contribution in [1.29, 1.82) is 0 Å². The first-order valence-electron chi connectivity index (χ1n) is 7.12. The monoisotopic (exact) mass is 298 g/mol. The standard InChI is InChI=1S/C18H18O4/c1-3-9-22-18(21)17-14(12(2)10-16(17)20)11-15(19)13-7-5-4-6-8-13/h3-8,10,14,17H,1,9,11H2,2H3/t14-,17+/m0/s1. The van der Waals surface area contributed by atoms with E-state index in [0.29, 0.717) is 5.56 Å². The summed E-state index contributed by atoms with van der Waals surface area (Å²) in [5.41, 5.74) is 1.32. The minimum Gasteiger partial charge on any atom is -0.461 e. The Morgan fingerprint density at radius 3 is 2.59 bits per heavy atom. The molecule has 2 atom stereocenters. The fraction of sp³-hybridized carbons (Fsp3) is 0.278. The molecule has 0 unspecified atom stereocenters. The van der Waals surface area contributed by atoms with Crippen molar-refractivity contribution in [3.05, 3.63) is 60.2 Å². The van der Waals surface area contributed by atoms with Crippen molar-refractivity contribution >= 4 is 17.5 Å². The van der Waals surface area contributed by atoms with Crippen molar-refractivity contribution in [1.82, 2.24) is 0 Å². The summed E-state index contributed by atoms with van der Waals surface area (Å²) < 4.78 is 4.99. The van der Waals surface area contributed by atoms with Gasteiger partial charge in [-0.1, -0.05) is 48.6 Å². The summed E-state index contributed by atoms with van der Waals surface area (Å²) in [7, 11) is 0. The Bertz CT molecular complexity index is 628. The zero-order valence-electron chi connectivity index (χ0n) is 12.5. The third kappa shape index (κ3) is 3.39. The summed E-state index contributed by atoms with van der Waals surface area (Å²) in [4.78, 5) is 36.4. The van der Waals surface area contributed by atoms with Gasteiger partial charge >= 0.3 is 5.97 Å². The highest BCUT2D eigenvalue weighted by Gasteiger charge is 2.41. The molecule has 4 heteroatoms. The van der Waals surface area contributed by atoms with Gasteiger partial charge in [-0.15, -0.1) is 0 Å². The van der Waals surface area contributed by atoms with E-state index in [1.165, 1.54) is 12.2 Å². The lowest BCUT2D eigenvalue weighted by Gasteiger charge is -2.18. The largest absolute Gasteiger partial charge is 0.461 e. The van der Waals surface area contributed by atoms with Gasteiger partial charge in [0.25, 0.3) is 0 Å². The molecule has 0 saturated carbocycles. The average molecular weight is 298 g/mol. The molecular formula is C18H18O4. The zero-order valence-corrected chi connectivity index (χ0v) is 12.5. The van der Waals surface area contributed by atoms with Crippen molar-refractivity contribution in [2.75, 3.05) is 6.61 Å². The molecule has 0 aliphatic heterocycles. The van der Waals surface area contributed by atoms with Gasteiger partial charge in [0.05, 0.1) is 0 Å². The molecule has 0 saturated heterocycles. The van der Waals surface area contributed by atoms with Crippen molar-refractivity contribution < 1.29 is 19.1 Å². The van der Waals surface area contributed by atoms with Crippen molar-refractivity contribution in [2.24, 2.45) is 11.8 Å². The van der Waals surface area contributed by atoms with E-state index in [4.69, 9.17) is 4.74 Å². The van der Waals surface area contributed by atoms with Crippen molar-refractivity contribution in [2.45, 2.75) is 13.3 Å². The predicted octanol–water partition coefficient (Wildman–Crippen LogP) is 2.75. The number of hydrogen-bond acceptors (Lipinski definition) is 4. The second kappa shape index (κ2) is 6.98. The molecule has 0 N–H and O–H groups in total. The molecule has 0 aromatic heterocycles. The molecule has 0 radical (unpaired) electrons. The summed E-state index contributed by atoms with van der Waals surface area (Å²) in [6.07, 6.45) is 3.00. The molecule has 1 aromatic carbocycles. The summed E-state index contributed by atoms with van der Waals surface area (Å²) in [6, 6.07) is 8.85. The van der Waals surface area contributed by atoms with Crippen LogP contribution in [0.15, 0.2) is 54.6 Å². The van der Waals surface area contributed by atoms with E-state index >= 15 is 0 Å². The number of allylic oxidation sites excluding steroid dienone is 2. The molecule has 1 aromatic rings. The maximum atomic E-state index is 12.3. The number of ketones is 2. The number of Topliss-reactive ketones (excluding diaryl/α,β-unsaturated/α-hetero) is 1. The van der Waals surface area contributed by atoms with E-state index in [-0.39, 0.29) is 24.6 Å². The van der Waals surface area contributed by atoms with Crippen LogP contribution in [0.3, 0.4) is 0 Å². The van der Waals surface area contributed by atoms with E-state index in [2.05, 4.69) is 6.58 Å². The summed E-state index contributed by atoms with van der Waals surface area (Å²) in [5.74, 6) is -2.33. The van der Waals surface area contributed by atoms with Gasteiger partial charge in [-0.3, -0.25) is 14.4 Å². The van der Waals surface area contributed by atoms with Gasteiger partial charge in [0.2, 0.25) is 0 Å². The number of ether oxygens (including phenoxy) is 1. The van der Waals surface area contributed by atoms with E-state index in [1.54, 1.807) is 31.2 Å². The van der Waals surface area contributed by atoms with Gasteiger partial charge < -0.3 is 4.74 Å². The second-order valence-electron chi connectivity index (χ2n) is 5.29. The zero-order chi connectivity index (χ0) is 16.1. The number of benzene rings is 1. The van der Waals surface area contributed by atoms with Crippen LogP contribution in [0.25, 0.3) is 0 Å². The van der Waals surface area contributed by atoms with Crippen LogP contribution >= 0.6 is 0 Å². The minimum absolute atomic E-state index is 0.0566. The average Bonchev–Trinajstić information content (AvgIpc) is 2.79. The molecule has 2 rings (SSSR count). The lowest BCUT2D eigenvalue weighted by molar-refractivity contribution is -0.150. The van der Waals surface area contributed by atoms with Crippen LogP contribution in [0.2, 0.25) is 0 Å². The van der Waals surface area contributed by atoms with Gasteiger partial charge in [-0.2, -0.15) is 0 Å². The first-order chi connectivity index (χ1) is 10.5. The van der Waals surface area contributed by atoms with Crippen LogP contribution in [0, 0.1) is 11.8 Å². The highest BCUT2D eigenvalue weighted by molar-refractivity contribution is 6.09. The smallest absolute Gasteiger partial charge is 0.317 e. The van der Waals surface area contributed by atoms with E-state index in [9.17, 15) is 14.4 Å². The van der Waals surface area contributed by atoms with Crippen molar-refractivity contribution in [3.8, 4) is 0 Å². The second-order valence-corrected chi connectivity index (χ2v) is 5.29. The topological polar surface area (TPSA) is 60.4 Å². The van der Waals surface area contributed by atoms with Crippen LogP contribution in [0.4, 0.5) is 0 Å². The van der Waals surface area contributed by atoms with Crippen LogP contribution in [0.1, 0.15) is 23.7 Å². The molecule has 0 heterocycles. The van der Waals surface area contributed by atoms with Gasteiger partial charge in [-0.25, -0.2) is 0 Å². The van der Waals surface area contributed by atoms with Gasteiger partial charge in [0.1, 0.15) is 12.5 Å². The van der Waals surface area contributed by atoms with E-state index in [0.717, 1.165) is 5.57 Å². The molecule has 1 aliphatic carbocycles. The number of esters is 1. The third-order valence-corrected chi connectivity index (χ3v) is 3.76. The number of carbonyl (C=O) groups excluding carboxylic acids is 3. The summed E-state index contributed by atoms with van der Waals surface area (Å²) >= 11 is 0. The lowest BCUT2D eigenvalue weighted by atomic mass is 9.85. The molecule has 0 bridgehead atoms. The Hall–Kier alpha value is -2.49.